The lowest BCUT2D eigenvalue weighted by atomic mass is 10.1. The predicted octanol–water partition coefficient (Wildman–Crippen LogP) is 2.51. The Bertz CT molecular complexity index is 462. The molecule has 0 amide bonds. The maximum absolute atomic E-state index is 11.3. The fourth-order valence-corrected chi connectivity index (χ4v) is 2.24. The van der Waals surface area contributed by atoms with E-state index in [1.807, 2.05) is 18.7 Å². The van der Waals surface area contributed by atoms with Crippen molar-refractivity contribution in [3.63, 3.8) is 0 Å². The lowest BCUT2D eigenvalue weighted by Gasteiger charge is -2.29. The number of aliphatic hydroxyl groups is 1. The normalized spacial score (nSPS) is 13.8. The van der Waals surface area contributed by atoms with Crippen molar-refractivity contribution in [2.45, 2.75) is 32.9 Å². The summed E-state index contributed by atoms with van der Waals surface area (Å²) in [6.45, 7) is 6.62. The zero-order chi connectivity index (χ0) is 15.3. The van der Waals surface area contributed by atoms with Crippen LogP contribution in [0.15, 0.2) is 18.2 Å². The third kappa shape index (κ3) is 3.68. The number of rotatable bonds is 7. The number of benzene rings is 1. The molecule has 0 aliphatic rings. The molecule has 0 saturated carbocycles. The highest BCUT2D eigenvalue weighted by molar-refractivity contribution is 5.65. The van der Waals surface area contributed by atoms with Gasteiger partial charge in [-0.05, 0) is 32.4 Å². The molecule has 112 valence electrons. The molecule has 0 bridgehead atoms. The number of nitrogens with zero attached hydrogens (tertiary/aromatic N) is 2. The molecule has 1 aromatic rings. The van der Waals surface area contributed by atoms with Gasteiger partial charge in [-0.25, -0.2) is 0 Å². The number of hydrogen-bond acceptors (Lipinski definition) is 5. The summed E-state index contributed by atoms with van der Waals surface area (Å²) < 4.78 is 5.12. The van der Waals surface area contributed by atoms with Crippen LogP contribution in [0.25, 0.3) is 0 Å². The number of anilines is 1. The van der Waals surface area contributed by atoms with E-state index >= 15 is 0 Å². The lowest BCUT2D eigenvalue weighted by Crippen LogP contribution is -2.36. The summed E-state index contributed by atoms with van der Waals surface area (Å²) in [5.74, 6) is 0. The zero-order valence-electron chi connectivity index (χ0n) is 12.4. The molecule has 0 radical (unpaired) electrons. The molecule has 2 unspecified atom stereocenters. The van der Waals surface area contributed by atoms with Gasteiger partial charge in [0, 0.05) is 25.8 Å². The van der Waals surface area contributed by atoms with E-state index < -0.39 is 11.0 Å². The van der Waals surface area contributed by atoms with Gasteiger partial charge in [-0.2, -0.15) is 0 Å². The highest BCUT2D eigenvalue weighted by Crippen LogP contribution is 2.32. The Balaban J connectivity index is 3.24. The van der Waals surface area contributed by atoms with Gasteiger partial charge in [-0.1, -0.05) is 6.07 Å². The first-order valence-corrected chi connectivity index (χ1v) is 6.64. The standard InChI is InChI=1S/C14H22N2O4/c1-5-15(10(2)9-20-4)13-7-6-12(11(3)17)8-14(13)16(18)19/h6-8,10-11,17H,5,9H2,1-4H3. The first-order chi connectivity index (χ1) is 9.42. The summed E-state index contributed by atoms with van der Waals surface area (Å²) in [5.41, 5.74) is 1.09. The highest BCUT2D eigenvalue weighted by atomic mass is 16.6. The quantitative estimate of drug-likeness (QED) is 0.614. The SMILES string of the molecule is CCN(c1ccc(C(C)O)cc1[N+](=O)[O-])C(C)COC. The van der Waals surface area contributed by atoms with E-state index in [0.29, 0.717) is 24.4 Å². The first-order valence-electron chi connectivity index (χ1n) is 6.64. The number of methoxy groups -OCH3 is 1. The number of nitro groups is 1. The first kappa shape index (κ1) is 16.4. The number of ether oxygens (including phenoxy) is 1. The Labute approximate surface area is 119 Å². The summed E-state index contributed by atoms with van der Waals surface area (Å²) in [7, 11) is 1.61. The molecule has 1 aromatic carbocycles. The molecule has 20 heavy (non-hydrogen) atoms. The van der Waals surface area contributed by atoms with E-state index in [1.54, 1.807) is 26.2 Å². The van der Waals surface area contributed by atoms with Crippen LogP contribution in [0.1, 0.15) is 32.4 Å². The molecule has 0 aromatic heterocycles. The van der Waals surface area contributed by atoms with Crippen LogP contribution in [0.3, 0.4) is 0 Å². The summed E-state index contributed by atoms with van der Waals surface area (Å²) in [4.78, 5) is 12.8. The van der Waals surface area contributed by atoms with Gasteiger partial charge in [0.05, 0.1) is 17.6 Å². The van der Waals surface area contributed by atoms with Crippen molar-refractivity contribution in [2.24, 2.45) is 0 Å². The van der Waals surface area contributed by atoms with Gasteiger partial charge >= 0.3 is 0 Å². The second kappa shape index (κ2) is 7.21. The molecule has 0 fully saturated rings. The third-order valence-electron chi connectivity index (χ3n) is 3.27. The number of hydrogen-bond donors (Lipinski definition) is 1. The predicted molar refractivity (Wildman–Crippen MR) is 78.1 cm³/mol. The molecule has 1 N–H and O–H groups in total. The second-order valence-corrected chi connectivity index (χ2v) is 4.77. The Hall–Kier alpha value is -1.66. The zero-order valence-corrected chi connectivity index (χ0v) is 12.4. The van der Waals surface area contributed by atoms with Crippen molar-refractivity contribution in [3.8, 4) is 0 Å². The Morgan fingerprint density at radius 3 is 2.55 bits per heavy atom. The molecule has 0 saturated heterocycles. The minimum Gasteiger partial charge on any atom is -0.389 e. The molecule has 1 rings (SSSR count). The van der Waals surface area contributed by atoms with Crippen molar-refractivity contribution in [1.29, 1.82) is 0 Å². The van der Waals surface area contributed by atoms with Gasteiger partial charge < -0.3 is 14.7 Å². The fraction of sp³-hybridized carbons (Fsp3) is 0.571. The lowest BCUT2D eigenvalue weighted by molar-refractivity contribution is -0.384. The van der Waals surface area contributed by atoms with E-state index in [0.717, 1.165) is 0 Å². The van der Waals surface area contributed by atoms with Gasteiger partial charge in [0.15, 0.2) is 0 Å². The minimum atomic E-state index is -0.728. The van der Waals surface area contributed by atoms with Crippen molar-refractivity contribution in [2.75, 3.05) is 25.2 Å². The molecule has 2 atom stereocenters. The van der Waals surface area contributed by atoms with Crippen LogP contribution < -0.4 is 4.90 Å². The van der Waals surface area contributed by atoms with Crippen LogP contribution in [-0.4, -0.2) is 36.3 Å². The van der Waals surface area contributed by atoms with E-state index in [-0.39, 0.29) is 11.7 Å². The fourth-order valence-electron chi connectivity index (χ4n) is 2.24. The topological polar surface area (TPSA) is 75.8 Å². The van der Waals surface area contributed by atoms with Gasteiger partial charge in [-0.15, -0.1) is 0 Å². The molecule has 6 heteroatoms. The maximum atomic E-state index is 11.3. The minimum absolute atomic E-state index is 0.00760. The molecule has 6 nitrogen and oxygen atoms in total. The van der Waals surface area contributed by atoms with Crippen LogP contribution >= 0.6 is 0 Å². The highest BCUT2D eigenvalue weighted by Gasteiger charge is 2.23. The van der Waals surface area contributed by atoms with Crippen molar-refractivity contribution in [1.82, 2.24) is 0 Å². The maximum Gasteiger partial charge on any atom is 0.292 e. The molecular formula is C14H22N2O4. The molecule has 0 spiro atoms. The van der Waals surface area contributed by atoms with Crippen LogP contribution in [0.4, 0.5) is 11.4 Å². The van der Waals surface area contributed by atoms with Gasteiger partial charge in [0.1, 0.15) is 5.69 Å². The Kier molecular flexibility index (Phi) is 5.91. The average molecular weight is 282 g/mol. The second-order valence-electron chi connectivity index (χ2n) is 4.77. The Morgan fingerprint density at radius 1 is 1.45 bits per heavy atom. The van der Waals surface area contributed by atoms with Gasteiger partial charge in [-0.3, -0.25) is 10.1 Å². The summed E-state index contributed by atoms with van der Waals surface area (Å²) in [6, 6.07) is 4.87. The number of likely N-dealkylation sites (N-methyl/N-ethyl adjacent to an activating group) is 1. The Morgan fingerprint density at radius 2 is 2.10 bits per heavy atom. The largest absolute Gasteiger partial charge is 0.389 e. The monoisotopic (exact) mass is 282 g/mol. The molecule has 0 aliphatic heterocycles. The van der Waals surface area contributed by atoms with Gasteiger partial charge in [0.2, 0.25) is 0 Å². The van der Waals surface area contributed by atoms with Crippen LogP contribution in [0.2, 0.25) is 0 Å². The van der Waals surface area contributed by atoms with Crippen LogP contribution in [-0.2, 0) is 4.74 Å². The summed E-state index contributed by atoms with van der Waals surface area (Å²) in [6.07, 6.45) is -0.728. The van der Waals surface area contributed by atoms with Crippen molar-refractivity contribution >= 4 is 11.4 Å². The van der Waals surface area contributed by atoms with Crippen molar-refractivity contribution in [3.05, 3.63) is 33.9 Å². The summed E-state index contributed by atoms with van der Waals surface area (Å²) >= 11 is 0. The van der Waals surface area contributed by atoms with Gasteiger partial charge in [0.25, 0.3) is 5.69 Å². The third-order valence-corrected chi connectivity index (χ3v) is 3.27. The summed E-state index contributed by atoms with van der Waals surface area (Å²) in [5, 5.41) is 20.8. The van der Waals surface area contributed by atoms with E-state index in [4.69, 9.17) is 4.74 Å². The molecular weight excluding hydrogens is 260 g/mol. The van der Waals surface area contributed by atoms with Crippen LogP contribution in [0.5, 0.6) is 0 Å². The van der Waals surface area contributed by atoms with E-state index in [9.17, 15) is 15.2 Å². The average Bonchev–Trinajstić information content (AvgIpc) is 2.39. The number of nitro benzene ring substituents is 1. The molecule has 0 heterocycles. The van der Waals surface area contributed by atoms with Crippen molar-refractivity contribution < 1.29 is 14.8 Å². The molecule has 0 aliphatic carbocycles. The number of aliphatic hydroxyl groups excluding tert-OH is 1. The smallest absolute Gasteiger partial charge is 0.292 e. The van der Waals surface area contributed by atoms with Crippen LogP contribution in [0, 0.1) is 10.1 Å². The van der Waals surface area contributed by atoms with E-state index in [2.05, 4.69) is 0 Å². The van der Waals surface area contributed by atoms with E-state index in [1.165, 1.54) is 6.07 Å².